The van der Waals surface area contributed by atoms with Crippen molar-refractivity contribution in [3.8, 4) is 11.5 Å². The Balaban J connectivity index is 2.52. The Morgan fingerprint density at radius 3 is 3.00 bits per heavy atom. The van der Waals surface area contributed by atoms with Crippen LogP contribution in [0.2, 0.25) is 0 Å². The lowest BCUT2D eigenvalue weighted by atomic mass is 9.97. The average molecular weight is 207 g/mol. The van der Waals surface area contributed by atoms with E-state index >= 15 is 0 Å². The van der Waals surface area contributed by atoms with E-state index < -0.39 is 0 Å². The van der Waals surface area contributed by atoms with E-state index in [9.17, 15) is 0 Å². The first-order valence-corrected chi connectivity index (χ1v) is 5.35. The van der Waals surface area contributed by atoms with Gasteiger partial charge < -0.3 is 15.2 Å². The minimum absolute atomic E-state index is 0.0779. The van der Waals surface area contributed by atoms with Crippen LogP contribution in [0, 0.1) is 0 Å². The fourth-order valence-electron chi connectivity index (χ4n) is 1.91. The SMILES string of the molecule is CCc1cc(OC)c2c(c1)[C@@H](N)CCO2. The highest BCUT2D eigenvalue weighted by Crippen LogP contribution is 2.39. The maximum Gasteiger partial charge on any atom is 0.165 e. The number of fused-ring (bicyclic) bond motifs is 1. The Bertz CT molecular complexity index is 363. The molecule has 0 amide bonds. The van der Waals surface area contributed by atoms with E-state index in [2.05, 4.69) is 13.0 Å². The molecule has 2 N–H and O–H groups in total. The molecule has 0 aliphatic carbocycles. The van der Waals surface area contributed by atoms with Crippen LogP contribution in [0.15, 0.2) is 12.1 Å². The van der Waals surface area contributed by atoms with Gasteiger partial charge in [-0.1, -0.05) is 13.0 Å². The zero-order valence-corrected chi connectivity index (χ0v) is 9.25. The summed E-state index contributed by atoms with van der Waals surface area (Å²) in [6.07, 6.45) is 1.86. The number of nitrogens with two attached hydrogens (primary N) is 1. The van der Waals surface area contributed by atoms with Crippen LogP contribution in [0.3, 0.4) is 0 Å². The Hall–Kier alpha value is -1.22. The van der Waals surface area contributed by atoms with Gasteiger partial charge in [-0.15, -0.1) is 0 Å². The fourth-order valence-corrected chi connectivity index (χ4v) is 1.91. The molecule has 0 saturated carbocycles. The van der Waals surface area contributed by atoms with Crippen molar-refractivity contribution in [3.05, 3.63) is 23.3 Å². The number of aryl methyl sites for hydroxylation is 1. The lowest BCUT2D eigenvalue weighted by molar-refractivity contribution is 0.252. The van der Waals surface area contributed by atoms with Crippen LogP contribution in [0.4, 0.5) is 0 Å². The molecule has 2 rings (SSSR count). The topological polar surface area (TPSA) is 44.5 Å². The van der Waals surface area contributed by atoms with E-state index in [1.165, 1.54) is 5.56 Å². The third-order valence-corrected chi connectivity index (χ3v) is 2.85. The molecule has 3 heteroatoms. The van der Waals surface area contributed by atoms with Gasteiger partial charge in [0, 0.05) is 18.0 Å². The summed E-state index contributed by atoms with van der Waals surface area (Å²) >= 11 is 0. The Labute approximate surface area is 90.2 Å². The van der Waals surface area contributed by atoms with Gasteiger partial charge in [0.05, 0.1) is 13.7 Å². The number of ether oxygens (including phenoxy) is 2. The summed E-state index contributed by atoms with van der Waals surface area (Å²) in [5.41, 5.74) is 8.38. The summed E-state index contributed by atoms with van der Waals surface area (Å²) in [5.74, 6) is 1.63. The highest BCUT2D eigenvalue weighted by Gasteiger charge is 2.22. The molecule has 0 unspecified atom stereocenters. The minimum Gasteiger partial charge on any atom is -0.493 e. The van der Waals surface area contributed by atoms with E-state index in [1.54, 1.807) is 7.11 Å². The molecular formula is C12H17NO2. The lowest BCUT2D eigenvalue weighted by Gasteiger charge is -2.25. The van der Waals surface area contributed by atoms with Crippen LogP contribution in [-0.2, 0) is 6.42 Å². The normalized spacial score (nSPS) is 19.3. The third kappa shape index (κ3) is 1.79. The Morgan fingerprint density at radius 1 is 1.53 bits per heavy atom. The van der Waals surface area contributed by atoms with Gasteiger partial charge in [0.25, 0.3) is 0 Å². The average Bonchev–Trinajstić information content (AvgIpc) is 2.28. The van der Waals surface area contributed by atoms with Crippen LogP contribution >= 0.6 is 0 Å². The number of rotatable bonds is 2. The fraction of sp³-hybridized carbons (Fsp3) is 0.500. The van der Waals surface area contributed by atoms with Crippen LogP contribution in [0.25, 0.3) is 0 Å². The van der Waals surface area contributed by atoms with Gasteiger partial charge in [0.15, 0.2) is 11.5 Å². The molecule has 1 aliphatic rings. The minimum atomic E-state index is 0.0779. The monoisotopic (exact) mass is 207 g/mol. The van der Waals surface area contributed by atoms with E-state index in [0.717, 1.165) is 29.9 Å². The van der Waals surface area contributed by atoms with E-state index in [4.69, 9.17) is 15.2 Å². The first-order valence-electron chi connectivity index (χ1n) is 5.35. The zero-order chi connectivity index (χ0) is 10.8. The van der Waals surface area contributed by atoms with Gasteiger partial charge in [0.1, 0.15) is 0 Å². The van der Waals surface area contributed by atoms with Crippen molar-refractivity contribution < 1.29 is 9.47 Å². The highest BCUT2D eigenvalue weighted by atomic mass is 16.5. The molecule has 3 nitrogen and oxygen atoms in total. The molecule has 0 aromatic heterocycles. The predicted molar refractivity (Wildman–Crippen MR) is 59.4 cm³/mol. The standard InChI is InChI=1S/C12H17NO2/c1-3-8-6-9-10(13)4-5-15-12(9)11(7-8)14-2/h6-7,10H,3-5,13H2,1-2H3/t10-/m0/s1. The lowest BCUT2D eigenvalue weighted by Crippen LogP contribution is -2.21. The summed E-state index contributed by atoms with van der Waals surface area (Å²) in [4.78, 5) is 0. The summed E-state index contributed by atoms with van der Waals surface area (Å²) in [7, 11) is 1.67. The van der Waals surface area contributed by atoms with Gasteiger partial charge in [-0.05, 0) is 18.1 Å². The van der Waals surface area contributed by atoms with Crippen LogP contribution in [0.1, 0.15) is 30.5 Å². The van der Waals surface area contributed by atoms with Crippen molar-refractivity contribution in [3.63, 3.8) is 0 Å². The molecule has 1 aromatic rings. The zero-order valence-electron chi connectivity index (χ0n) is 9.25. The maximum absolute atomic E-state index is 6.06. The quantitative estimate of drug-likeness (QED) is 0.807. The molecule has 0 bridgehead atoms. The number of benzene rings is 1. The van der Waals surface area contributed by atoms with Crippen LogP contribution in [0.5, 0.6) is 11.5 Å². The van der Waals surface area contributed by atoms with Crippen LogP contribution in [-0.4, -0.2) is 13.7 Å². The molecular weight excluding hydrogens is 190 g/mol. The summed E-state index contributed by atoms with van der Waals surface area (Å²) in [6, 6.07) is 4.23. The second-order valence-electron chi connectivity index (χ2n) is 3.81. The van der Waals surface area contributed by atoms with Crippen molar-refractivity contribution in [1.82, 2.24) is 0 Å². The number of hydrogen-bond acceptors (Lipinski definition) is 3. The van der Waals surface area contributed by atoms with Crippen molar-refractivity contribution in [2.75, 3.05) is 13.7 Å². The molecule has 0 spiro atoms. The second-order valence-corrected chi connectivity index (χ2v) is 3.81. The molecule has 1 aromatic carbocycles. The summed E-state index contributed by atoms with van der Waals surface area (Å²) < 4.78 is 10.9. The number of methoxy groups -OCH3 is 1. The Morgan fingerprint density at radius 2 is 2.33 bits per heavy atom. The van der Waals surface area contributed by atoms with Gasteiger partial charge in [0.2, 0.25) is 0 Å². The summed E-state index contributed by atoms with van der Waals surface area (Å²) in [6.45, 7) is 2.80. The molecule has 1 atom stereocenters. The molecule has 1 aliphatic heterocycles. The molecule has 15 heavy (non-hydrogen) atoms. The number of hydrogen-bond donors (Lipinski definition) is 1. The summed E-state index contributed by atoms with van der Waals surface area (Å²) in [5, 5.41) is 0. The maximum atomic E-state index is 6.06. The molecule has 0 fully saturated rings. The van der Waals surface area contributed by atoms with Gasteiger partial charge in [-0.2, -0.15) is 0 Å². The van der Waals surface area contributed by atoms with E-state index in [-0.39, 0.29) is 6.04 Å². The van der Waals surface area contributed by atoms with Crippen molar-refractivity contribution in [2.45, 2.75) is 25.8 Å². The van der Waals surface area contributed by atoms with Crippen LogP contribution < -0.4 is 15.2 Å². The highest BCUT2D eigenvalue weighted by molar-refractivity contribution is 5.51. The van der Waals surface area contributed by atoms with Crippen molar-refractivity contribution in [1.29, 1.82) is 0 Å². The first-order chi connectivity index (χ1) is 7.26. The largest absolute Gasteiger partial charge is 0.493 e. The molecule has 1 heterocycles. The first kappa shape index (κ1) is 10.3. The van der Waals surface area contributed by atoms with Crippen molar-refractivity contribution >= 4 is 0 Å². The third-order valence-electron chi connectivity index (χ3n) is 2.85. The van der Waals surface area contributed by atoms with Gasteiger partial charge >= 0.3 is 0 Å². The van der Waals surface area contributed by atoms with Gasteiger partial charge in [-0.25, -0.2) is 0 Å². The molecule has 82 valence electrons. The Kier molecular flexibility index (Phi) is 2.82. The van der Waals surface area contributed by atoms with Crippen molar-refractivity contribution in [2.24, 2.45) is 5.73 Å². The van der Waals surface area contributed by atoms with E-state index in [1.807, 2.05) is 6.07 Å². The van der Waals surface area contributed by atoms with E-state index in [0.29, 0.717) is 6.61 Å². The van der Waals surface area contributed by atoms with Gasteiger partial charge in [-0.3, -0.25) is 0 Å². The molecule has 0 radical (unpaired) electrons. The smallest absolute Gasteiger partial charge is 0.165 e. The predicted octanol–water partition coefficient (Wildman–Crippen LogP) is 2.04. The second kappa shape index (κ2) is 4.11. The molecule has 0 saturated heterocycles.